The van der Waals surface area contributed by atoms with Crippen molar-refractivity contribution in [2.75, 3.05) is 11.5 Å². The van der Waals surface area contributed by atoms with Gasteiger partial charge in [0.2, 0.25) is 5.91 Å². The molecule has 9 nitrogen and oxygen atoms in total. The van der Waals surface area contributed by atoms with Gasteiger partial charge in [0.15, 0.2) is 9.84 Å². The van der Waals surface area contributed by atoms with Crippen LogP contribution < -0.4 is 5.69 Å². The molecule has 1 atom stereocenters. The Balaban J connectivity index is 1.54. The summed E-state index contributed by atoms with van der Waals surface area (Å²) in [4.78, 5) is 26.9. The van der Waals surface area contributed by atoms with Gasteiger partial charge in [-0.2, -0.15) is 9.36 Å². The fourth-order valence-electron chi connectivity index (χ4n) is 3.37. The minimum atomic E-state index is -3.09. The summed E-state index contributed by atoms with van der Waals surface area (Å²) < 4.78 is 25.7. The normalized spacial score (nSPS) is 21.6. The van der Waals surface area contributed by atoms with E-state index < -0.39 is 15.5 Å². The third-order valence-electron chi connectivity index (χ3n) is 4.76. The van der Waals surface area contributed by atoms with Crippen LogP contribution in [0.4, 0.5) is 0 Å². The monoisotopic (exact) mass is 377 g/mol. The van der Waals surface area contributed by atoms with E-state index in [1.54, 1.807) is 29.2 Å². The molecule has 1 aromatic heterocycles. The van der Waals surface area contributed by atoms with Crippen LogP contribution in [0, 0.1) is 0 Å². The van der Waals surface area contributed by atoms with E-state index in [9.17, 15) is 18.0 Å². The van der Waals surface area contributed by atoms with Crippen LogP contribution in [0.2, 0.25) is 0 Å². The van der Waals surface area contributed by atoms with Crippen molar-refractivity contribution in [3.8, 4) is 5.69 Å². The summed E-state index contributed by atoms with van der Waals surface area (Å²) in [5.41, 5.74) is 0.0662. The second-order valence-electron chi connectivity index (χ2n) is 6.76. The number of sulfone groups is 1. The third kappa shape index (κ3) is 3.28. The zero-order chi connectivity index (χ0) is 18.3. The SMILES string of the molecule is O=C(Cn1nnn(-c2ccccc2)c1=O)N(C1CC1)[C@H]1CCS(=O)(=O)C1. The van der Waals surface area contributed by atoms with Gasteiger partial charge >= 0.3 is 5.69 Å². The summed E-state index contributed by atoms with van der Waals surface area (Å²) >= 11 is 0. The first kappa shape index (κ1) is 17.0. The number of carbonyl (C=O) groups excluding carboxylic acids is 1. The molecule has 0 radical (unpaired) electrons. The fourth-order valence-corrected chi connectivity index (χ4v) is 5.08. The van der Waals surface area contributed by atoms with Crippen LogP contribution >= 0.6 is 0 Å². The lowest BCUT2D eigenvalue weighted by atomic mass is 10.2. The predicted molar refractivity (Wildman–Crippen MR) is 92.5 cm³/mol. The number of para-hydroxylation sites is 1. The average Bonchev–Trinajstić information content (AvgIpc) is 3.29. The van der Waals surface area contributed by atoms with E-state index in [4.69, 9.17) is 0 Å². The van der Waals surface area contributed by atoms with E-state index >= 15 is 0 Å². The highest BCUT2D eigenvalue weighted by atomic mass is 32.2. The maximum atomic E-state index is 12.8. The summed E-state index contributed by atoms with van der Waals surface area (Å²) in [6, 6.07) is 8.60. The van der Waals surface area contributed by atoms with E-state index in [0.29, 0.717) is 12.1 Å². The number of benzene rings is 1. The van der Waals surface area contributed by atoms with Gasteiger partial charge in [0, 0.05) is 12.1 Å². The first-order valence-corrected chi connectivity index (χ1v) is 10.4. The summed E-state index contributed by atoms with van der Waals surface area (Å²) in [5, 5.41) is 7.63. The van der Waals surface area contributed by atoms with Gasteiger partial charge in [0.25, 0.3) is 0 Å². The molecule has 26 heavy (non-hydrogen) atoms. The van der Waals surface area contributed by atoms with Crippen LogP contribution in [0.1, 0.15) is 19.3 Å². The van der Waals surface area contributed by atoms with Gasteiger partial charge in [0.1, 0.15) is 6.54 Å². The Morgan fingerprint density at radius 3 is 2.46 bits per heavy atom. The Kier molecular flexibility index (Phi) is 4.14. The van der Waals surface area contributed by atoms with Crippen LogP contribution in [0.15, 0.2) is 35.1 Å². The molecule has 4 rings (SSSR count). The summed E-state index contributed by atoms with van der Waals surface area (Å²) in [6.07, 6.45) is 2.19. The standard InChI is InChI=1S/C16H19N5O4S/c22-15(20(12-6-7-12)14-8-9-26(24,25)11-14)10-19-16(23)21(18-17-19)13-4-2-1-3-5-13/h1-5,12,14H,6-11H2/t14-/m0/s1. The van der Waals surface area contributed by atoms with Crippen LogP contribution in [0.3, 0.4) is 0 Å². The van der Waals surface area contributed by atoms with E-state index in [1.807, 2.05) is 6.07 Å². The Bertz CT molecular complexity index is 978. The van der Waals surface area contributed by atoms with Gasteiger partial charge < -0.3 is 4.90 Å². The van der Waals surface area contributed by atoms with Gasteiger partial charge in [-0.1, -0.05) is 18.2 Å². The van der Waals surface area contributed by atoms with Gasteiger partial charge in [0.05, 0.1) is 17.2 Å². The molecule has 138 valence electrons. The summed E-state index contributed by atoms with van der Waals surface area (Å²) in [6.45, 7) is -0.237. The zero-order valence-electron chi connectivity index (χ0n) is 14.1. The molecule has 0 bridgehead atoms. The third-order valence-corrected chi connectivity index (χ3v) is 6.51. The van der Waals surface area contributed by atoms with Crippen molar-refractivity contribution in [3.05, 3.63) is 40.8 Å². The number of tetrazole rings is 1. The summed E-state index contributed by atoms with van der Waals surface area (Å²) in [5.74, 6) is -0.170. The molecule has 2 fully saturated rings. The molecule has 1 aromatic carbocycles. The summed E-state index contributed by atoms with van der Waals surface area (Å²) in [7, 11) is -3.09. The first-order chi connectivity index (χ1) is 12.4. The van der Waals surface area contributed by atoms with Crippen molar-refractivity contribution >= 4 is 15.7 Å². The van der Waals surface area contributed by atoms with E-state index in [2.05, 4.69) is 10.4 Å². The van der Waals surface area contributed by atoms with Crippen LogP contribution in [-0.4, -0.2) is 62.6 Å². The number of rotatable bonds is 5. The Labute approximate surface area is 150 Å². The smallest absolute Gasteiger partial charge is 0.334 e. The number of carbonyl (C=O) groups is 1. The quantitative estimate of drug-likeness (QED) is 0.702. The highest BCUT2D eigenvalue weighted by Gasteiger charge is 2.42. The predicted octanol–water partition coefficient (Wildman–Crippen LogP) is -0.393. The Morgan fingerprint density at radius 2 is 1.85 bits per heavy atom. The largest absolute Gasteiger partial charge is 0.368 e. The van der Waals surface area contributed by atoms with Crippen molar-refractivity contribution in [3.63, 3.8) is 0 Å². The number of hydrogen-bond acceptors (Lipinski definition) is 6. The van der Waals surface area contributed by atoms with Gasteiger partial charge in [-0.3, -0.25) is 4.79 Å². The lowest BCUT2D eigenvalue weighted by Crippen LogP contribution is -2.45. The van der Waals surface area contributed by atoms with Gasteiger partial charge in [-0.05, 0) is 41.8 Å². The van der Waals surface area contributed by atoms with E-state index in [0.717, 1.165) is 22.2 Å². The van der Waals surface area contributed by atoms with E-state index in [1.165, 1.54) is 0 Å². The molecule has 2 aromatic rings. The number of hydrogen-bond donors (Lipinski definition) is 0. The fraction of sp³-hybridized carbons (Fsp3) is 0.500. The van der Waals surface area contributed by atoms with Crippen molar-refractivity contribution in [2.45, 2.75) is 37.9 Å². The van der Waals surface area contributed by atoms with Crippen LogP contribution in [0.25, 0.3) is 5.69 Å². The molecular formula is C16H19N5O4S. The second kappa shape index (κ2) is 6.35. The highest BCUT2D eigenvalue weighted by molar-refractivity contribution is 7.91. The van der Waals surface area contributed by atoms with Gasteiger partial charge in [-0.25, -0.2) is 13.2 Å². The van der Waals surface area contributed by atoms with Crippen LogP contribution in [0.5, 0.6) is 0 Å². The van der Waals surface area contributed by atoms with E-state index in [-0.39, 0.29) is 36.0 Å². The molecule has 1 saturated carbocycles. The molecule has 0 unspecified atom stereocenters. The van der Waals surface area contributed by atoms with Crippen molar-refractivity contribution in [2.24, 2.45) is 0 Å². The highest BCUT2D eigenvalue weighted by Crippen LogP contribution is 2.32. The molecule has 1 saturated heterocycles. The lowest BCUT2D eigenvalue weighted by Gasteiger charge is -2.28. The Morgan fingerprint density at radius 1 is 1.12 bits per heavy atom. The number of amides is 1. The second-order valence-corrected chi connectivity index (χ2v) is 8.98. The molecule has 10 heteroatoms. The molecule has 0 spiro atoms. The zero-order valence-corrected chi connectivity index (χ0v) is 14.9. The molecule has 1 amide bonds. The van der Waals surface area contributed by atoms with Crippen molar-refractivity contribution < 1.29 is 13.2 Å². The molecule has 1 aliphatic heterocycles. The molecule has 2 heterocycles. The first-order valence-electron chi connectivity index (χ1n) is 8.54. The van der Waals surface area contributed by atoms with Crippen molar-refractivity contribution in [1.82, 2.24) is 24.7 Å². The minimum Gasteiger partial charge on any atom is -0.334 e. The molecule has 1 aliphatic carbocycles. The van der Waals surface area contributed by atoms with Crippen molar-refractivity contribution in [1.29, 1.82) is 0 Å². The maximum Gasteiger partial charge on any atom is 0.368 e. The number of nitrogens with zero attached hydrogens (tertiary/aromatic N) is 5. The molecule has 0 N–H and O–H groups in total. The topological polar surface area (TPSA) is 107 Å². The van der Waals surface area contributed by atoms with Gasteiger partial charge in [-0.15, -0.1) is 0 Å². The molecule has 2 aliphatic rings. The maximum absolute atomic E-state index is 12.8. The molecular weight excluding hydrogens is 358 g/mol. The average molecular weight is 377 g/mol. The minimum absolute atomic E-state index is 0.000838. The lowest BCUT2D eigenvalue weighted by molar-refractivity contribution is -0.134. The number of aromatic nitrogens is 4. The van der Waals surface area contributed by atoms with Crippen LogP contribution in [-0.2, 0) is 21.2 Å². The Hall–Kier alpha value is -2.49.